The van der Waals surface area contributed by atoms with Crippen LogP contribution in [0.4, 0.5) is 14.9 Å². The van der Waals surface area contributed by atoms with E-state index in [4.69, 9.17) is 9.84 Å². The van der Waals surface area contributed by atoms with Crippen LogP contribution in [0.25, 0.3) is 0 Å². The third-order valence-electron chi connectivity index (χ3n) is 3.62. The molecule has 0 radical (unpaired) electrons. The lowest BCUT2D eigenvalue weighted by Crippen LogP contribution is -2.34. The number of ether oxygens (including phenoxy) is 1. The summed E-state index contributed by atoms with van der Waals surface area (Å²) < 4.78 is 18.7. The molecule has 1 aliphatic carbocycles. The number of carboxylic acid groups (broad SMARTS) is 1. The highest BCUT2D eigenvalue weighted by Gasteiger charge is 2.32. The van der Waals surface area contributed by atoms with Crippen LogP contribution in [-0.2, 0) is 0 Å². The van der Waals surface area contributed by atoms with E-state index in [1.807, 2.05) is 0 Å². The van der Waals surface area contributed by atoms with Crippen LogP contribution in [0.15, 0.2) is 18.2 Å². The van der Waals surface area contributed by atoms with Crippen LogP contribution in [-0.4, -0.2) is 40.2 Å². The minimum absolute atomic E-state index is 0.122. The predicted octanol–water partition coefficient (Wildman–Crippen LogP) is 2.64. The minimum atomic E-state index is -1.03. The molecule has 0 aromatic heterocycles. The Morgan fingerprint density at radius 1 is 1.52 bits per heavy atom. The summed E-state index contributed by atoms with van der Waals surface area (Å²) in [7, 11) is 1.47. The van der Waals surface area contributed by atoms with Crippen LogP contribution in [0, 0.1) is 15.9 Å². The van der Waals surface area contributed by atoms with Crippen molar-refractivity contribution in [1.29, 1.82) is 0 Å². The Bertz CT molecular complexity index is 565. The number of hydrogen-bond acceptors (Lipinski definition) is 4. The predicted molar refractivity (Wildman–Crippen MR) is 70.9 cm³/mol. The number of nitrogens with zero attached hydrogens (tertiary/aromatic N) is 2. The maximum Gasteiger partial charge on any atom is 0.407 e. The molecular formula is C13H15FN2O5. The Labute approximate surface area is 120 Å². The maximum atomic E-state index is 13.2. The summed E-state index contributed by atoms with van der Waals surface area (Å²) in [5.74, 6) is -0.739. The van der Waals surface area contributed by atoms with Crippen LogP contribution in [0.5, 0.6) is 5.75 Å². The largest absolute Gasteiger partial charge is 0.483 e. The second-order valence-corrected chi connectivity index (χ2v) is 4.97. The maximum absolute atomic E-state index is 13.2. The second-order valence-electron chi connectivity index (χ2n) is 4.97. The Hall–Kier alpha value is -2.38. The summed E-state index contributed by atoms with van der Waals surface area (Å²) in [5.41, 5.74) is -0.300. The second kappa shape index (κ2) is 5.94. The molecule has 1 N–H and O–H groups in total. The first-order chi connectivity index (χ1) is 9.88. The number of carbonyl (C=O) groups is 1. The van der Waals surface area contributed by atoms with Gasteiger partial charge in [-0.15, -0.1) is 0 Å². The standard InChI is InChI=1S/C13H15FN2O5/c1-15(13(17)18)9-3-4-10(7-9)21-12-6-8(14)2-5-11(12)16(19)20/h2,5-6,9-10H,3-4,7H2,1H3,(H,17,18)/t9-,10-/m0/s1. The molecule has 1 fully saturated rings. The fourth-order valence-electron chi connectivity index (χ4n) is 2.45. The van der Waals surface area contributed by atoms with E-state index in [1.54, 1.807) is 0 Å². The van der Waals surface area contributed by atoms with Crippen molar-refractivity contribution in [3.63, 3.8) is 0 Å². The number of amides is 1. The van der Waals surface area contributed by atoms with Gasteiger partial charge in [-0.1, -0.05) is 0 Å². The van der Waals surface area contributed by atoms with Gasteiger partial charge in [-0.2, -0.15) is 0 Å². The van der Waals surface area contributed by atoms with E-state index < -0.39 is 16.8 Å². The molecule has 0 unspecified atom stereocenters. The van der Waals surface area contributed by atoms with E-state index >= 15 is 0 Å². The van der Waals surface area contributed by atoms with E-state index in [1.165, 1.54) is 11.9 Å². The van der Waals surface area contributed by atoms with E-state index in [2.05, 4.69) is 0 Å². The first kappa shape index (κ1) is 15.0. The van der Waals surface area contributed by atoms with Crippen LogP contribution >= 0.6 is 0 Å². The number of nitro groups is 1. The zero-order chi connectivity index (χ0) is 15.6. The van der Waals surface area contributed by atoms with Crippen LogP contribution < -0.4 is 4.74 Å². The van der Waals surface area contributed by atoms with Crippen molar-refractivity contribution in [3.8, 4) is 5.75 Å². The molecule has 21 heavy (non-hydrogen) atoms. The van der Waals surface area contributed by atoms with Gasteiger partial charge < -0.3 is 14.7 Å². The van der Waals surface area contributed by atoms with Gasteiger partial charge in [0.05, 0.1) is 4.92 Å². The average Bonchev–Trinajstić information content (AvgIpc) is 2.85. The van der Waals surface area contributed by atoms with Gasteiger partial charge in [0.15, 0.2) is 5.75 Å². The van der Waals surface area contributed by atoms with E-state index in [-0.39, 0.29) is 23.6 Å². The van der Waals surface area contributed by atoms with Crippen molar-refractivity contribution >= 4 is 11.8 Å². The summed E-state index contributed by atoms with van der Waals surface area (Å²) >= 11 is 0. The summed E-state index contributed by atoms with van der Waals surface area (Å²) in [6, 6.07) is 2.84. The van der Waals surface area contributed by atoms with Crippen molar-refractivity contribution in [2.45, 2.75) is 31.4 Å². The van der Waals surface area contributed by atoms with Gasteiger partial charge in [-0.25, -0.2) is 9.18 Å². The van der Waals surface area contributed by atoms with Gasteiger partial charge in [-0.05, 0) is 18.9 Å². The van der Waals surface area contributed by atoms with Gasteiger partial charge in [-0.3, -0.25) is 10.1 Å². The van der Waals surface area contributed by atoms with Crippen molar-refractivity contribution in [3.05, 3.63) is 34.1 Å². The molecule has 0 spiro atoms. The van der Waals surface area contributed by atoms with Crippen LogP contribution in [0.3, 0.4) is 0 Å². The van der Waals surface area contributed by atoms with E-state index in [0.29, 0.717) is 19.3 Å². The number of hydrogen-bond donors (Lipinski definition) is 1. The van der Waals surface area contributed by atoms with Gasteiger partial charge in [0.2, 0.25) is 0 Å². The van der Waals surface area contributed by atoms with Crippen LogP contribution in [0.2, 0.25) is 0 Å². The number of nitro benzene ring substituents is 1. The lowest BCUT2D eigenvalue weighted by molar-refractivity contribution is -0.386. The zero-order valence-corrected chi connectivity index (χ0v) is 11.4. The van der Waals surface area contributed by atoms with Crippen molar-refractivity contribution in [2.75, 3.05) is 7.05 Å². The number of rotatable bonds is 4. The van der Waals surface area contributed by atoms with Gasteiger partial charge >= 0.3 is 11.8 Å². The Kier molecular flexibility index (Phi) is 4.25. The minimum Gasteiger partial charge on any atom is -0.483 e. The van der Waals surface area contributed by atoms with Crippen LogP contribution in [0.1, 0.15) is 19.3 Å². The highest BCUT2D eigenvalue weighted by Crippen LogP contribution is 2.33. The number of benzene rings is 1. The Balaban J connectivity index is 2.08. The average molecular weight is 298 g/mol. The molecule has 8 heteroatoms. The lowest BCUT2D eigenvalue weighted by atomic mass is 10.2. The lowest BCUT2D eigenvalue weighted by Gasteiger charge is -2.21. The summed E-state index contributed by atoms with van der Waals surface area (Å²) in [5, 5.41) is 19.8. The molecule has 1 aromatic carbocycles. The molecule has 0 heterocycles. The zero-order valence-electron chi connectivity index (χ0n) is 11.4. The fraction of sp³-hybridized carbons (Fsp3) is 0.462. The Morgan fingerprint density at radius 3 is 2.86 bits per heavy atom. The molecule has 0 aliphatic heterocycles. The third kappa shape index (κ3) is 3.39. The number of halogens is 1. The molecule has 1 aromatic rings. The highest BCUT2D eigenvalue weighted by atomic mass is 19.1. The Morgan fingerprint density at radius 2 is 2.24 bits per heavy atom. The molecule has 2 atom stereocenters. The van der Waals surface area contributed by atoms with Gasteiger partial charge in [0.25, 0.3) is 0 Å². The first-order valence-electron chi connectivity index (χ1n) is 6.45. The van der Waals surface area contributed by atoms with Crippen molar-refractivity contribution in [2.24, 2.45) is 0 Å². The quantitative estimate of drug-likeness (QED) is 0.681. The van der Waals surface area contributed by atoms with Gasteiger partial charge in [0.1, 0.15) is 11.9 Å². The summed E-state index contributed by atoms with van der Waals surface area (Å²) in [6.45, 7) is 0. The van der Waals surface area contributed by atoms with E-state index in [9.17, 15) is 19.3 Å². The fourth-order valence-corrected chi connectivity index (χ4v) is 2.45. The molecule has 0 saturated heterocycles. The molecular weight excluding hydrogens is 283 g/mol. The van der Waals surface area contributed by atoms with Crippen molar-refractivity contribution < 1.29 is 24.0 Å². The summed E-state index contributed by atoms with van der Waals surface area (Å²) in [6.07, 6.45) is 0.206. The topological polar surface area (TPSA) is 92.9 Å². The first-order valence-corrected chi connectivity index (χ1v) is 6.45. The molecule has 1 amide bonds. The molecule has 1 aliphatic rings. The third-order valence-corrected chi connectivity index (χ3v) is 3.62. The smallest absolute Gasteiger partial charge is 0.407 e. The summed E-state index contributed by atoms with van der Waals surface area (Å²) in [4.78, 5) is 22.3. The monoisotopic (exact) mass is 298 g/mol. The van der Waals surface area contributed by atoms with E-state index in [0.717, 1.165) is 18.2 Å². The van der Waals surface area contributed by atoms with Gasteiger partial charge in [0, 0.05) is 31.6 Å². The molecule has 7 nitrogen and oxygen atoms in total. The van der Waals surface area contributed by atoms with Crippen molar-refractivity contribution in [1.82, 2.24) is 4.90 Å². The highest BCUT2D eigenvalue weighted by molar-refractivity contribution is 5.65. The molecule has 114 valence electrons. The molecule has 0 bridgehead atoms. The normalized spacial score (nSPS) is 21.0. The SMILES string of the molecule is CN(C(=O)O)[C@H]1CC[C@H](Oc2cc(F)ccc2[N+](=O)[O-])C1. The molecule has 2 rings (SSSR count). The molecule has 1 saturated carbocycles.